The van der Waals surface area contributed by atoms with Gasteiger partial charge in [-0.05, 0) is 42.8 Å². The van der Waals surface area contributed by atoms with Gasteiger partial charge in [0.15, 0.2) is 14.6 Å². The lowest BCUT2D eigenvalue weighted by Gasteiger charge is -2.02. The Morgan fingerprint density at radius 1 is 1.14 bits per heavy atom. The second-order valence-electron chi connectivity index (χ2n) is 6.45. The van der Waals surface area contributed by atoms with Crippen molar-refractivity contribution in [1.82, 2.24) is 4.57 Å². The molecule has 3 aromatic rings. The number of sulfone groups is 1. The average Bonchev–Trinajstić information content (AvgIpc) is 2.96. The Morgan fingerprint density at radius 3 is 2.45 bits per heavy atom. The van der Waals surface area contributed by atoms with E-state index in [1.807, 2.05) is 0 Å². The van der Waals surface area contributed by atoms with Crippen molar-refractivity contribution >= 4 is 43.3 Å². The van der Waals surface area contributed by atoms with Crippen molar-refractivity contribution in [3.05, 3.63) is 58.4 Å². The number of aromatic nitrogens is 1. The average molecular weight is 433 g/mol. The van der Waals surface area contributed by atoms with Crippen molar-refractivity contribution in [2.75, 3.05) is 12.9 Å². The van der Waals surface area contributed by atoms with Gasteiger partial charge in [-0.2, -0.15) is 4.99 Å². The maximum Gasteiger partial charge on any atom is 0.338 e. The minimum Gasteiger partial charge on any atom is -0.462 e. The summed E-state index contributed by atoms with van der Waals surface area (Å²) in [5.74, 6) is -0.734. The van der Waals surface area contributed by atoms with Crippen molar-refractivity contribution in [3.63, 3.8) is 0 Å². The monoisotopic (exact) mass is 432 g/mol. The molecule has 0 N–H and O–H groups in total. The van der Waals surface area contributed by atoms with Crippen molar-refractivity contribution in [3.8, 4) is 0 Å². The van der Waals surface area contributed by atoms with Crippen LogP contribution in [0.25, 0.3) is 10.2 Å². The molecule has 1 aromatic heterocycles. The van der Waals surface area contributed by atoms with E-state index < -0.39 is 15.8 Å². The van der Waals surface area contributed by atoms with Crippen LogP contribution in [0.1, 0.15) is 22.8 Å². The first-order chi connectivity index (χ1) is 13.7. The topological polar surface area (TPSA) is 94.8 Å². The first-order valence-corrected chi connectivity index (χ1v) is 11.5. The molecule has 7 nitrogen and oxygen atoms in total. The van der Waals surface area contributed by atoms with Gasteiger partial charge in [-0.25, -0.2) is 13.2 Å². The van der Waals surface area contributed by atoms with E-state index >= 15 is 0 Å². The van der Waals surface area contributed by atoms with Gasteiger partial charge in [0.2, 0.25) is 0 Å². The molecular formula is C20H20N2O5S2. The van der Waals surface area contributed by atoms with Crippen molar-refractivity contribution in [2.45, 2.75) is 18.2 Å². The fourth-order valence-corrected chi connectivity index (χ4v) is 4.46. The highest BCUT2D eigenvalue weighted by Crippen LogP contribution is 2.19. The predicted molar refractivity (Wildman–Crippen MR) is 111 cm³/mol. The van der Waals surface area contributed by atoms with E-state index in [0.29, 0.717) is 22.5 Å². The van der Waals surface area contributed by atoms with E-state index in [-0.39, 0.29) is 17.2 Å². The Bertz CT molecular complexity index is 1250. The molecule has 0 radical (unpaired) electrons. The zero-order valence-electron chi connectivity index (χ0n) is 16.2. The van der Waals surface area contributed by atoms with Crippen molar-refractivity contribution < 1.29 is 22.7 Å². The maximum absolute atomic E-state index is 12.4. The zero-order chi connectivity index (χ0) is 21.2. The summed E-state index contributed by atoms with van der Waals surface area (Å²) >= 11 is 1.31. The standard InChI is InChI=1S/C20H20N2O5S2/c1-4-27-19(24)14-7-10-16-17(12-14)28-20(22(16)2)21-18(23)11-13-5-8-15(9-6-13)29(3,25)26/h5-10,12H,4,11H2,1-3H3. The number of amides is 1. The fourth-order valence-electron chi connectivity index (χ4n) is 2.76. The molecule has 1 heterocycles. The van der Waals surface area contributed by atoms with Gasteiger partial charge in [0.1, 0.15) is 0 Å². The minimum atomic E-state index is -3.27. The van der Waals surface area contributed by atoms with Gasteiger partial charge in [0.25, 0.3) is 5.91 Å². The van der Waals surface area contributed by atoms with E-state index in [1.54, 1.807) is 48.9 Å². The van der Waals surface area contributed by atoms with Crippen LogP contribution in [0.4, 0.5) is 0 Å². The number of hydrogen-bond donors (Lipinski definition) is 0. The summed E-state index contributed by atoms with van der Waals surface area (Å²) in [5.41, 5.74) is 1.98. The number of thiazole rings is 1. The van der Waals surface area contributed by atoms with Crippen LogP contribution in [0.15, 0.2) is 52.4 Å². The predicted octanol–water partition coefficient (Wildman–Crippen LogP) is 2.49. The number of hydrogen-bond acceptors (Lipinski definition) is 6. The molecule has 9 heteroatoms. The zero-order valence-corrected chi connectivity index (χ0v) is 17.8. The normalized spacial score (nSPS) is 12.3. The summed E-state index contributed by atoms with van der Waals surface area (Å²) in [6.07, 6.45) is 1.20. The Labute approximate surface area is 172 Å². The van der Waals surface area contributed by atoms with Crippen molar-refractivity contribution in [2.24, 2.45) is 12.0 Å². The lowest BCUT2D eigenvalue weighted by molar-refractivity contribution is -0.117. The summed E-state index contributed by atoms with van der Waals surface area (Å²) in [4.78, 5) is 29.2. The number of rotatable bonds is 5. The smallest absolute Gasteiger partial charge is 0.338 e. The Balaban J connectivity index is 1.86. The third-order valence-corrected chi connectivity index (χ3v) is 6.47. The van der Waals surface area contributed by atoms with Crippen LogP contribution >= 0.6 is 11.3 Å². The third kappa shape index (κ3) is 4.80. The number of carbonyl (C=O) groups is 2. The molecule has 3 rings (SSSR count). The number of esters is 1. The molecule has 1 amide bonds. The molecule has 0 saturated heterocycles. The number of benzene rings is 2. The molecular weight excluding hydrogens is 412 g/mol. The van der Waals surface area contributed by atoms with E-state index in [1.165, 1.54) is 23.5 Å². The summed E-state index contributed by atoms with van der Waals surface area (Å²) in [6, 6.07) is 11.4. The highest BCUT2D eigenvalue weighted by molar-refractivity contribution is 7.90. The molecule has 0 bridgehead atoms. The number of ether oxygens (including phenoxy) is 1. The molecule has 0 aliphatic carbocycles. The summed E-state index contributed by atoms with van der Waals surface area (Å²) < 4.78 is 30.7. The largest absolute Gasteiger partial charge is 0.462 e. The number of fused-ring (bicyclic) bond motifs is 1. The molecule has 152 valence electrons. The highest BCUT2D eigenvalue weighted by atomic mass is 32.2. The van der Waals surface area contributed by atoms with Gasteiger partial charge < -0.3 is 9.30 Å². The van der Waals surface area contributed by atoms with Gasteiger partial charge in [-0.15, -0.1) is 0 Å². The highest BCUT2D eigenvalue weighted by Gasteiger charge is 2.12. The van der Waals surface area contributed by atoms with Crippen LogP contribution < -0.4 is 4.80 Å². The third-order valence-electron chi connectivity index (χ3n) is 4.25. The maximum atomic E-state index is 12.4. The molecule has 0 atom stereocenters. The van der Waals surface area contributed by atoms with Crippen LogP contribution in [0, 0.1) is 0 Å². The van der Waals surface area contributed by atoms with Crippen LogP contribution in [0.5, 0.6) is 0 Å². The van der Waals surface area contributed by atoms with Crippen LogP contribution in [0.2, 0.25) is 0 Å². The summed E-state index contributed by atoms with van der Waals surface area (Å²) in [7, 11) is -1.47. The summed E-state index contributed by atoms with van der Waals surface area (Å²) in [6.45, 7) is 2.05. The van der Waals surface area contributed by atoms with E-state index in [9.17, 15) is 18.0 Å². The molecule has 0 fully saturated rings. The SMILES string of the molecule is CCOC(=O)c1ccc2c(c1)sc(=NC(=O)Cc1ccc(S(C)(=O)=O)cc1)n2C. The van der Waals surface area contributed by atoms with E-state index in [0.717, 1.165) is 16.5 Å². The van der Waals surface area contributed by atoms with Crippen LogP contribution in [-0.2, 0) is 32.8 Å². The van der Waals surface area contributed by atoms with Gasteiger partial charge in [-0.1, -0.05) is 23.5 Å². The Morgan fingerprint density at radius 2 is 1.83 bits per heavy atom. The molecule has 2 aromatic carbocycles. The van der Waals surface area contributed by atoms with Gasteiger partial charge >= 0.3 is 5.97 Å². The van der Waals surface area contributed by atoms with Gasteiger partial charge in [0.05, 0.1) is 33.7 Å². The lowest BCUT2D eigenvalue weighted by Crippen LogP contribution is -2.14. The Kier molecular flexibility index (Phi) is 5.99. The van der Waals surface area contributed by atoms with Crippen LogP contribution in [0.3, 0.4) is 0 Å². The molecule has 0 spiro atoms. The first-order valence-electron chi connectivity index (χ1n) is 8.82. The lowest BCUT2D eigenvalue weighted by atomic mass is 10.1. The second-order valence-corrected chi connectivity index (χ2v) is 9.47. The van der Waals surface area contributed by atoms with Gasteiger partial charge in [0, 0.05) is 13.3 Å². The second kappa shape index (κ2) is 8.30. The molecule has 0 saturated carbocycles. The first kappa shape index (κ1) is 20.9. The molecule has 0 aliphatic rings. The number of carbonyl (C=O) groups excluding carboxylic acids is 2. The molecule has 29 heavy (non-hydrogen) atoms. The Hall–Kier alpha value is -2.78. The van der Waals surface area contributed by atoms with E-state index in [2.05, 4.69) is 4.99 Å². The number of nitrogens with zero attached hydrogens (tertiary/aromatic N) is 2. The van der Waals surface area contributed by atoms with Crippen LogP contribution in [-0.4, -0.2) is 37.7 Å². The molecule has 0 unspecified atom stereocenters. The fraction of sp³-hybridized carbons (Fsp3) is 0.250. The summed E-state index contributed by atoms with van der Waals surface area (Å²) in [5, 5.41) is 0. The van der Waals surface area contributed by atoms with Crippen molar-refractivity contribution in [1.29, 1.82) is 0 Å². The minimum absolute atomic E-state index is 0.0619. The quantitative estimate of drug-likeness (QED) is 0.577. The van der Waals surface area contributed by atoms with Gasteiger partial charge in [-0.3, -0.25) is 4.79 Å². The molecule has 0 aliphatic heterocycles. The van der Waals surface area contributed by atoms with E-state index in [4.69, 9.17) is 4.74 Å². The number of aryl methyl sites for hydroxylation is 1.